The SMILES string of the molecule is Cc1cc(C(=O)Nc2ccc(C#CCN)cc2C)no1. The molecule has 0 spiro atoms. The van der Waals surface area contributed by atoms with E-state index in [9.17, 15) is 4.79 Å². The zero-order chi connectivity index (χ0) is 14.5. The van der Waals surface area contributed by atoms with Crippen molar-refractivity contribution in [1.82, 2.24) is 5.16 Å². The van der Waals surface area contributed by atoms with Gasteiger partial charge in [0.25, 0.3) is 5.91 Å². The Morgan fingerprint density at radius 3 is 2.80 bits per heavy atom. The monoisotopic (exact) mass is 269 g/mol. The van der Waals surface area contributed by atoms with Crippen molar-refractivity contribution in [2.45, 2.75) is 13.8 Å². The van der Waals surface area contributed by atoms with Crippen LogP contribution in [0.5, 0.6) is 0 Å². The largest absolute Gasteiger partial charge is 0.361 e. The summed E-state index contributed by atoms with van der Waals surface area (Å²) < 4.78 is 4.88. The van der Waals surface area contributed by atoms with Crippen molar-refractivity contribution in [2.24, 2.45) is 5.73 Å². The first kappa shape index (κ1) is 13.8. The Morgan fingerprint density at radius 2 is 2.20 bits per heavy atom. The highest BCUT2D eigenvalue weighted by Crippen LogP contribution is 2.17. The number of anilines is 1. The van der Waals surface area contributed by atoms with Crippen LogP contribution in [-0.2, 0) is 0 Å². The first-order valence-corrected chi connectivity index (χ1v) is 6.14. The van der Waals surface area contributed by atoms with Crippen LogP contribution in [0.2, 0.25) is 0 Å². The lowest BCUT2D eigenvalue weighted by molar-refractivity contribution is 0.101. The van der Waals surface area contributed by atoms with E-state index in [1.807, 2.05) is 19.1 Å². The number of nitrogens with one attached hydrogen (secondary N) is 1. The van der Waals surface area contributed by atoms with Crippen molar-refractivity contribution in [3.05, 3.63) is 46.8 Å². The summed E-state index contributed by atoms with van der Waals surface area (Å²) in [4.78, 5) is 12.0. The van der Waals surface area contributed by atoms with Crippen molar-refractivity contribution >= 4 is 11.6 Å². The minimum absolute atomic E-state index is 0.258. The third-order valence-electron chi connectivity index (χ3n) is 2.67. The second-order valence-electron chi connectivity index (χ2n) is 4.31. The molecule has 2 rings (SSSR count). The number of aryl methyl sites for hydroxylation is 2. The van der Waals surface area contributed by atoms with Gasteiger partial charge >= 0.3 is 0 Å². The first-order chi connectivity index (χ1) is 9.60. The van der Waals surface area contributed by atoms with Gasteiger partial charge in [-0.1, -0.05) is 17.0 Å². The average molecular weight is 269 g/mol. The second kappa shape index (κ2) is 6.04. The summed E-state index contributed by atoms with van der Waals surface area (Å²) in [5.74, 6) is 6.03. The number of nitrogens with zero attached hydrogens (tertiary/aromatic N) is 1. The Bertz CT molecular complexity index is 693. The number of aromatic nitrogens is 1. The average Bonchev–Trinajstić information content (AvgIpc) is 2.86. The molecule has 0 saturated carbocycles. The normalized spacial score (nSPS) is 9.75. The van der Waals surface area contributed by atoms with E-state index in [1.165, 1.54) is 0 Å². The Balaban J connectivity index is 2.16. The van der Waals surface area contributed by atoms with Gasteiger partial charge in [-0.3, -0.25) is 4.79 Å². The predicted octanol–water partition coefficient (Wildman–Crippen LogP) is 1.85. The summed E-state index contributed by atoms with van der Waals surface area (Å²) >= 11 is 0. The lowest BCUT2D eigenvalue weighted by Crippen LogP contribution is -2.13. The van der Waals surface area contributed by atoms with E-state index in [0.29, 0.717) is 18.0 Å². The Labute approximate surface area is 117 Å². The van der Waals surface area contributed by atoms with Gasteiger partial charge in [-0.2, -0.15) is 0 Å². The highest BCUT2D eigenvalue weighted by Gasteiger charge is 2.12. The standard InChI is InChI=1S/C15H15N3O2/c1-10-8-12(4-3-7-16)5-6-13(10)17-15(19)14-9-11(2)20-18-14/h5-6,8-9H,7,16H2,1-2H3,(H,17,19). The minimum Gasteiger partial charge on any atom is -0.361 e. The fourth-order valence-corrected chi connectivity index (χ4v) is 1.69. The van der Waals surface area contributed by atoms with E-state index < -0.39 is 0 Å². The van der Waals surface area contributed by atoms with Gasteiger partial charge in [-0.15, -0.1) is 0 Å². The van der Waals surface area contributed by atoms with E-state index >= 15 is 0 Å². The van der Waals surface area contributed by atoms with Crippen LogP contribution in [0.3, 0.4) is 0 Å². The maximum absolute atomic E-state index is 12.0. The zero-order valence-electron chi connectivity index (χ0n) is 11.4. The van der Waals surface area contributed by atoms with Crippen LogP contribution in [-0.4, -0.2) is 17.6 Å². The molecule has 1 amide bonds. The molecule has 0 bridgehead atoms. The molecule has 0 unspecified atom stereocenters. The molecule has 1 aromatic heterocycles. The lowest BCUT2D eigenvalue weighted by atomic mass is 10.1. The van der Waals surface area contributed by atoms with Crippen LogP contribution in [0.25, 0.3) is 0 Å². The van der Waals surface area contributed by atoms with Gasteiger partial charge in [0.1, 0.15) is 5.76 Å². The molecule has 1 aromatic carbocycles. The maximum atomic E-state index is 12.0. The molecule has 0 saturated heterocycles. The first-order valence-electron chi connectivity index (χ1n) is 6.14. The van der Waals surface area contributed by atoms with E-state index in [-0.39, 0.29) is 11.6 Å². The van der Waals surface area contributed by atoms with E-state index in [1.54, 1.807) is 19.1 Å². The molecule has 1 heterocycles. The smallest absolute Gasteiger partial charge is 0.277 e. The van der Waals surface area contributed by atoms with Crippen LogP contribution in [0.15, 0.2) is 28.8 Å². The summed E-state index contributed by atoms with van der Waals surface area (Å²) in [5, 5.41) is 6.47. The maximum Gasteiger partial charge on any atom is 0.277 e. The van der Waals surface area contributed by atoms with Gasteiger partial charge in [0.15, 0.2) is 5.69 Å². The molecule has 20 heavy (non-hydrogen) atoms. The molecule has 0 atom stereocenters. The molecule has 5 nitrogen and oxygen atoms in total. The van der Waals surface area contributed by atoms with E-state index in [0.717, 1.165) is 11.1 Å². The predicted molar refractivity (Wildman–Crippen MR) is 76.3 cm³/mol. The molecule has 0 aliphatic heterocycles. The van der Waals surface area contributed by atoms with E-state index in [4.69, 9.17) is 10.3 Å². The summed E-state index contributed by atoms with van der Waals surface area (Å²) in [6.45, 7) is 3.96. The van der Waals surface area contributed by atoms with Gasteiger partial charge in [-0.25, -0.2) is 0 Å². The number of carbonyl (C=O) groups is 1. The number of rotatable bonds is 2. The number of hydrogen-bond acceptors (Lipinski definition) is 4. The summed E-state index contributed by atoms with van der Waals surface area (Å²) in [7, 11) is 0. The molecular weight excluding hydrogens is 254 g/mol. The fraction of sp³-hybridized carbons (Fsp3) is 0.200. The van der Waals surface area contributed by atoms with E-state index in [2.05, 4.69) is 22.3 Å². The molecule has 102 valence electrons. The number of nitrogens with two attached hydrogens (primary N) is 1. The number of carbonyl (C=O) groups excluding carboxylic acids is 1. The van der Waals surface area contributed by atoms with Gasteiger partial charge in [0, 0.05) is 17.3 Å². The second-order valence-corrected chi connectivity index (χ2v) is 4.31. The third-order valence-corrected chi connectivity index (χ3v) is 2.67. The summed E-state index contributed by atoms with van der Waals surface area (Å²) in [5.41, 5.74) is 8.09. The molecule has 5 heteroatoms. The topological polar surface area (TPSA) is 81.2 Å². The van der Waals surface area contributed by atoms with Crippen LogP contribution in [0, 0.1) is 25.7 Å². The quantitative estimate of drug-likeness (QED) is 0.815. The fourth-order valence-electron chi connectivity index (χ4n) is 1.69. The molecule has 0 fully saturated rings. The van der Waals surface area contributed by atoms with Crippen LogP contribution in [0.4, 0.5) is 5.69 Å². The highest BCUT2D eigenvalue weighted by molar-refractivity contribution is 6.03. The van der Waals surface area contributed by atoms with Crippen molar-refractivity contribution < 1.29 is 9.32 Å². The molecule has 0 aliphatic carbocycles. The Morgan fingerprint density at radius 1 is 1.40 bits per heavy atom. The van der Waals surface area contributed by atoms with Gasteiger partial charge in [0.2, 0.25) is 0 Å². The molecule has 0 radical (unpaired) electrons. The molecular formula is C15H15N3O2. The minimum atomic E-state index is -0.300. The van der Waals surface area contributed by atoms with Crippen molar-refractivity contribution in [1.29, 1.82) is 0 Å². The molecule has 0 aliphatic rings. The summed E-state index contributed by atoms with van der Waals surface area (Å²) in [6, 6.07) is 7.12. The van der Waals surface area contributed by atoms with Crippen LogP contribution in [0.1, 0.15) is 27.4 Å². The summed E-state index contributed by atoms with van der Waals surface area (Å²) in [6.07, 6.45) is 0. The lowest BCUT2D eigenvalue weighted by Gasteiger charge is -2.07. The van der Waals surface area contributed by atoms with Crippen LogP contribution < -0.4 is 11.1 Å². The van der Waals surface area contributed by atoms with Crippen molar-refractivity contribution in [2.75, 3.05) is 11.9 Å². The highest BCUT2D eigenvalue weighted by atomic mass is 16.5. The molecule has 2 aromatic rings. The third kappa shape index (κ3) is 3.25. The number of amides is 1. The van der Waals surface area contributed by atoms with Gasteiger partial charge in [-0.05, 0) is 37.6 Å². The number of benzene rings is 1. The Hall–Kier alpha value is -2.58. The van der Waals surface area contributed by atoms with Gasteiger partial charge in [0.05, 0.1) is 6.54 Å². The molecule has 3 N–H and O–H groups in total. The number of hydrogen-bond donors (Lipinski definition) is 2. The van der Waals surface area contributed by atoms with Crippen LogP contribution >= 0.6 is 0 Å². The zero-order valence-corrected chi connectivity index (χ0v) is 11.4. The van der Waals surface area contributed by atoms with Gasteiger partial charge < -0.3 is 15.6 Å². The Kier molecular flexibility index (Phi) is 4.18. The van der Waals surface area contributed by atoms with Crippen molar-refractivity contribution in [3.63, 3.8) is 0 Å². The van der Waals surface area contributed by atoms with Crippen molar-refractivity contribution in [3.8, 4) is 11.8 Å².